The van der Waals surface area contributed by atoms with Crippen molar-refractivity contribution in [3.05, 3.63) is 29.3 Å². The van der Waals surface area contributed by atoms with Crippen LogP contribution in [0, 0.1) is 24.2 Å². The van der Waals surface area contributed by atoms with Gasteiger partial charge in [0.15, 0.2) is 0 Å². The summed E-state index contributed by atoms with van der Waals surface area (Å²) in [6.45, 7) is 2.67. The fraction of sp³-hybridized carbons (Fsp3) is 0.533. The molecule has 1 heterocycles. The van der Waals surface area contributed by atoms with Gasteiger partial charge in [-0.1, -0.05) is 0 Å². The van der Waals surface area contributed by atoms with Gasteiger partial charge in [0.25, 0.3) is 0 Å². The van der Waals surface area contributed by atoms with Crippen molar-refractivity contribution in [1.82, 2.24) is 4.90 Å². The molecule has 1 saturated heterocycles. The number of halogens is 3. The van der Waals surface area contributed by atoms with Gasteiger partial charge in [-0.25, -0.2) is 0 Å². The van der Waals surface area contributed by atoms with Gasteiger partial charge in [-0.3, -0.25) is 4.90 Å². The second-order valence-corrected chi connectivity index (χ2v) is 5.53. The Bertz CT molecular complexity index is 534. The Balaban J connectivity index is 1.82. The Morgan fingerprint density at radius 1 is 1.43 bits per heavy atom. The summed E-state index contributed by atoms with van der Waals surface area (Å²) in [6.07, 6.45) is -3.34. The van der Waals surface area contributed by atoms with Gasteiger partial charge in [0, 0.05) is 18.8 Å². The molecule has 1 atom stereocenters. The predicted octanol–water partition coefficient (Wildman–Crippen LogP) is 3.16. The van der Waals surface area contributed by atoms with Crippen molar-refractivity contribution < 1.29 is 13.2 Å². The molecule has 6 heteroatoms. The molecule has 0 aromatic heterocycles. The van der Waals surface area contributed by atoms with Crippen LogP contribution in [0.3, 0.4) is 0 Å². The van der Waals surface area contributed by atoms with Crippen LogP contribution in [0.5, 0.6) is 0 Å². The minimum Gasteiger partial charge on any atom is -0.385 e. The largest absolute Gasteiger partial charge is 0.401 e. The first-order chi connectivity index (χ1) is 9.87. The maximum atomic E-state index is 12.3. The molecule has 2 rings (SSSR count). The van der Waals surface area contributed by atoms with E-state index < -0.39 is 12.7 Å². The molecule has 21 heavy (non-hydrogen) atoms. The summed E-state index contributed by atoms with van der Waals surface area (Å²) in [5.74, 6) is 0.225. The molecule has 1 aliphatic heterocycles. The van der Waals surface area contributed by atoms with Crippen LogP contribution in [0.4, 0.5) is 18.9 Å². The van der Waals surface area contributed by atoms with E-state index in [9.17, 15) is 13.2 Å². The molecule has 0 spiro atoms. The van der Waals surface area contributed by atoms with Gasteiger partial charge in [-0.05, 0) is 49.6 Å². The van der Waals surface area contributed by atoms with Crippen molar-refractivity contribution in [2.24, 2.45) is 5.92 Å². The van der Waals surface area contributed by atoms with Gasteiger partial charge in [0.2, 0.25) is 0 Å². The zero-order valence-corrected chi connectivity index (χ0v) is 11.9. The van der Waals surface area contributed by atoms with Gasteiger partial charge >= 0.3 is 6.18 Å². The Morgan fingerprint density at radius 2 is 2.19 bits per heavy atom. The molecule has 1 aromatic carbocycles. The third-order valence-corrected chi connectivity index (χ3v) is 3.71. The highest BCUT2D eigenvalue weighted by Gasteiger charge is 2.34. The number of anilines is 1. The quantitative estimate of drug-likeness (QED) is 0.928. The average molecular weight is 297 g/mol. The first-order valence-electron chi connectivity index (χ1n) is 6.91. The van der Waals surface area contributed by atoms with E-state index in [0.29, 0.717) is 25.2 Å². The van der Waals surface area contributed by atoms with E-state index in [1.807, 2.05) is 19.1 Å². The summed E-state index contributed by atoms with van der Waals surface area (Å²) in [5.41, 5.74) is 2.44. The lowest BCUT2D eigenvalue weighted by Crippen LogP contribution is -2.33. The van der Waals surface area contributed by atoms with Crippen molar-refractivity contribution in [2.75, 3.05) is 31.5 Å². The summed E-state index contributed by atoms with van der Waals surface area (Å²) in [4.78, 5) is 1.45. The molecule has 1 N–H and O–H groups in total. The molecule has 1 fully saturated rings. The smallest absolute Gasteiger partial charge is 0.385 e. The Labute approximate surface area is 122 Å². The third-order valence-electron chi connectivity index (χ3n) is 3.71. The van der Waals surface area contributed by atoms with Gasteiger partial charge < -0.3 is 5.32 Å². The Hall–Kier alpha value is -1.74. The molecule has 1 unspecified atom stereocenters. The highest BCUT2D eigenvalue weighted by atomic mass is 19.4. The zero-order valence-electron chi connectivity index (χ0n) is 11.9. The molecule has 3 nitrogen and oxygen atoms in total. The molecular weight excluding hydrogens is 279 g/mol. The normalized spacial score (nSPS) is 19.5. The fourth-order valence-electron chi connectivity index (χ4n) is 2.64. The van der Waals surface area contributed by atoms with E-state index in [0.717, 1.165) is 17.7 Å². The van der Waals surface area contributed by atoms with E-state index in [2.05, 4.69) is 11.4 Å². The van der Waals surface area contributed by atoms with Crippen LogP contribution in [-0.4, -0.2) is 37.3 Å². The van der Waals surface area contributed by atoms with Crippen LogP contribution in [0.1, 0.15) is 17.5 Å². The second kappa shape index (κ2) is 6.35. The molecule has 1 aromatic rings. The number of nitrogens with zero attached hydrogens (tertiary/aromatic N) is 2. The van der Waals surface area contributed by atoms with Crippen molar-refractivity contribution in [3.8, 4) is 6.07 Å². The van der Waals surface area contributed by atoms with Crippen molar-refractivity contribution >= 4 is 5.69 Å². The van der Waals surface area contributed by atoms with E-state index in [1.165, 1.54) is 4.90 Å². The average Bonchev–Trinajstić information content (AvgIpc) is 2.82. The molecule has 0 amide bonds. The standard InChI is InChI=1S/C15H18F3N3/c1-11-6-14(3-2-13(11)7-19)20-8-12-4-5-21(9-12)10-15(16,17)18/h2-3,6,12,20H,4-5,8-10H2,1H3. The lowest BCUT2D eigenvalue weighted by atomic mass is 10.1. The van der Waals surface area contributed by atoms with Crippen molar-refractivity contribution in [2.45, 2.75) is 19.5 Å². The number of rotatable bonds is 4. The van der Waals surface area contributed by atoms with E-state index >= 15 is 0 Å². The van der Waals surface area contributed by atoms with Gasteiger partial charge in [0.1, 0.15) is 0 Å². The zero-order chi connectivity index (χ0) is 15.5. The van der Waals surface area contributed by atoms with Gasteiger partial charge in [0.05, 0.1) is 18.2 Å². The van der Waals surface area contributed by atoms with Gasteiger partial charge in [-0.2, -0.15) is 18.4 Å². The number of alkyl halides is 3. The second-order valence-electron chi connectivity index (χ2n) is 5.53. The van der Waals surface area contributed by atoms with Crippen LogP contribution in [0.25, 0.3) is 0 Å². The lowest BCUT2D eigenvalue weighted by molar-refractivity contribution is -0.143. The summed E-state index contributed by atoms with van der Waals surface area (Å²) < 4.78 is 37.0. The number of benzene rings is 1. The topological polar surface area (TPSA) is 39.1 Å². The molecule has 0 aliphatic carbocycles. The number of hydrogen-bond donors (Lipinski definition) is 1. The maximum Gasteiger partial charge on any atom is 0.401 e. The highest BCUT2D eigenvalue weighted by molar-refractivity contribution is 5.51. The summed E-state index contributed by atoms with van der Waals surface area (Å²) >= 11 is 0. The fourth-order valence-corrected chi connectivity index (χ4v) is 2.64. The monoisotopic (exact) mass is 297 g/mol. The summed E-state index contributed by atoms with van der Waals surface area (Å²) in [5, 5.41) is 12.1. The first-order valence-corrected chi connectivity index (χ1v) is 6.91. The SMILES string of the molecule is Cc1cc(NCC2CCN(CC(F)(F)F)C2)ccc1C#N. The Kier molecular flexibility index (Phi) is 4.73. The first kappa shape index (κ1) is 15.6. The summed E-state index contributed by atoms with van der Waals surface area (Å²) in [7, 11) is 0. The molecule has 0 radical (unpaired) electrons. The minimum atomic E-state index is -4.12. The lowest BCUT2D eigenvalue weighted by Gasteiger charge is -2.18. The number of aryl methyl sites for hydroxylation is 1. The van der Waals surface area contributed by atoms with Crippen molar-refractivity contribution in [1.29, 1.82) is 5.26 Å². The van der Waals surface area contributed by atoms with Crippen LogP contribution in [0.2, 0.25) is 0 Å². The van der Waals surface area contributed by atoms with Crippen molar-refractivity contribution in [3.63, 3.8) is 0 Å². The highest BCUT2D eigenvalue weighted by Crippen LogP contribution is 2.23. The van der Waals surface area contributed by atoms with Crippen LogP contribution >= 0.6 is 0 Å². The molecule has 114 valence electrons. The van der Waals surface area contributed by atoms with E-state index in [4.69, 9.17) is 5.26 Å². The van der Waals surface area contributed by atoms with Crippen LogP contribution in [0.15, 0.2) is 18.2 Å². The van der Waals surface area contributed by atoms with E-state index in [-0.39, 0.29) is 5.92 Å². The van der Waals surface area contributed by atoms with Crippen LogP contribution < -0.4 is 5.32 Å². The van der Waals surface area contributed by atoms with Gasteiger partial charge in [-0.15, -0.1) is 0 Å². The predicted molar refractivity (Wildman–Crippen MR) is 75.0 cm³/mol. The number of hydrogen-bond acceptors (Lipinski definition) is 3. The van der Waals surface area contributed by atoms with E-state index in [1.54, 1.807) is 6.07 Å². The molecular formula is C15H18F3N3. The molecule has 0 bridgehead atoms. The maximum absolute atomic E-state index is 12.3. The Morgan fingerprint density at radius 3 is 2.81 bits per heavy atom. The molecule has 0 saturated carbocycles. The number of nitrogens with one attached hydrogen (secondary N) is 1. The van der Waals surface area contributed by atoms with Crippen LogP contribution in [-0.2, 0) is 0 Å². The summed E-state index contributed by atoms with van der Waals surface area (Å²) in [6, 6.07) is 7.58. The number of nitriles is 1. The third kappa shape index (κ3) is 4.64. The number of likely N-dealkylation sites (tertiary alicyclic amines) is 1. The minimum absolute atomic E-state index is 0.225. The molecule has 1 aliphatic rings.